The lowest BCUT2D eigenvalue weighted by Gasteiger charge is -2.39. The number of rotatable bonds is 4. The van der Waals surface area contributed by atoms with Crippen molar-refractivity contribution in [1.29, 1.82) is 0 Å². The first-order valence-corrected chi connectivity index (χ1v) is 6.79. The second kappa shape index (κ2) is 4.03. The summed E-state index contributed by atoms with van der Waals surface area (Å²) in [6, 6.07) is 0. The second-order valence-electron chi connectivity index (χ2n) is 6.29. The van der Waals surface area contributed by atoms with Crippen molar-refractivity contribution >= 4 is 11.6 Å². The average Bonchev–Trinajstić information content (AvgIpc) is 2.58. The van der Waals surface area contributed by atoms with Crippen LogP contribution < -0.4 is 0 Å². The van der Waals surface area contributed by atoms with E-state index in [1.165, 1.54) is 19.3 Å². The maximum absolute atomic E-state index is 6.04. The van der Waals surface area contributed by atoms with E-state index < -0.39 is 0 Å². The summed E-state index contributed by atoms with van der Waals surface area (Å²) in [5.74, 6) is 1.35. The molecule has 2 heteroatoms. The Morgan fingerprint density at radius 2 is 2.12 bits per heavy atom. The van der Waals surface area contributed by atoms with E-state index in [0.717, 1.165) is 11.5 Å². The molecule has 0 spiro atoms. The Kier molecular flexibility index (Phi) is 3.13. The van der Waals surface area contributed by atoms with Crippen LogP contribution >= 0.6 is 11.6 Å². The molecule has 3 unspecified atom stereocenters. The average molecular weight is 243 g/mol. The molecule has 1 nitrogen and oxygen atoms in total. The molecule has 2 fully saturated rings. The van der Waals surface area contributed by atoms with Crippen LogP contribution in [0.1, 0.15) is 40.0 Å². The summed E-state index contributed by atoms with van der Waals surface area (Å²) < 4.78 is 6.04. The van der Waals surface area contributed by atoms with Crippen LogP contribution in [0.4, 0.5) is 0 Å². The molecular formula is C14H23ClO. The Balaban J connectivity index is 2.02. The summed E-state index contributed by atoms with van der Waals surface area (Å²) in [5.41, 5.74) is 1.77. The second-order valence-corrected chi connectivity index (χ2v) is 6.56. The van der Waals surface area contributed by atoms with E-state index in [1.807, 2.05) is 0 Å². The van der Waals surface area contributed by atoms with Gasteiger partial charge in [-0.25, -0.2) is 0 Å². The van der Waals surface area contributed by atoms with Crippen LogP contribution in [0.2, 0.25) is 0 Å². The summed E-state index contributed by atoms with van der Waals surface area (Å²) in [6.45, 7) is 11.7. The van der Waals surface area contributed by atoms with Gasteiger partial charge in [0.1, 0.15) is 0 Å². The highest BCUT2D eigenvalue weighted by molar-refractivity contribution is 6.19. The first kappa shape index (κ1) is 12.4. The summed E-state index contributed by atoms with van der Waals surface area (Å²) in [6.07, 6.45) is 4.31. The quantitative estimate of drug-likeness (QED) is 0.535. The van der Waals surface area contributed by atoms with Gasteiger partial charge in [0, 0.05) is 5.88 Å². The van der Waals surface area contributed by atoms with Crippen molar-refractivity contribution in [2.45, 2.75) is 46.1 Å². The summed E-state index contributed by atoms with van der Waals surface area (Å²) in [4.78, 5) is 0. The van der Waals surface area contributed by atoms with Crippen molar-refractivity contribution < 1.29 is 4.74 Å². The van der Waals surface area contributed by atoms with Gasteiger partial charge in [0.25, 0.3) is 0 Å². The molecule has 0 heterocycles. The van der Waals surface area contributed by atoms with Gasteiger partial charge in [-0.15, -0.1) is 11.6 Å². The fourth-order valence-corrected chi connectivity index (χ4v) is 3.72. The molecule has 0 aromatic heterocycles. The SMILES string of the molecule is C=C(CCl)COC1CC2CCC1(C)C2(C)C. The zero-order valence-corrected chi connectivity index (χ0v) is 11.4. The summed E-state index contributed by atoms with van der Waals surface area (Å²) >= 11 is 5.73. The molecule has 0 N–H and O–H groups in total. The van der Waals surface area contributed by atoms with E-state index in [-0.39, 0.29) is 0 Å². The van der Waals surface area contributed by atoms with Gasteiger partial charge in [0.05, 0.1) is 12.7 Å². The Morgan fingerprint density at radius 1 is 1.44 bits per heavy atom. The lowest BCUT2D eigenvalue weighted by Crippen LogP contribution is -2.37. The van der Waals surface area contributed by atoms with Crippen LogP contribution in [0.5, 0.6) is 0 Å². The predicted molar refractivity (Wildman–Crippen MR) is 68.8 cm³/mol. The van der Waals surface area contributed by atoms with Gasteiger partial charge in [-0.05, 0) is 41.6 Å². The van der Waals surface area contributed by atoms with Gasteiger partial charge < -0.3 is 4.74 Å². The molecular weight excluding hydrogens is 220 g/mol. The topological polar surface area (TPSA) is 9.23 Å². The van der Waals surface area contributed by atoms with E-state index in [4.69, 9.17) is 16.3 Å². The van der Waals surface area contributed by atoms with Crippen molar-refractivity contribution in [3.63, 3.8) is 0 Å². The third-order valence-electron chi connectivity index (χ3n) is 5.39. The van der Waals surface area contributed by atoms with Gasteiger partial charge in [-0.3, -0.25) is 0 Å². The Hall–Kier alpha value is -0.0100. The van der Waals surface area contributed by atoms with E-state index in [0.29, 0.717) is 29.4 Å². The first-order chi connectivity index (χ1) is 7.41. The number of fused-ring (bicyclic) bond motifs is 2. The maximum Gasteiger partial charge on any atom is 0.0689 e. The molecule has 3 atom stereocenters. The van der Waals surface area contributed by atoms with Crippen LogP contribution in [0.3, 0.4) is 0 Å². The minimum atomic E-state index is 0.351. The van der Waals surface area contributed by atoms with Gasteiger partial charge >= 0.3 is 0 Å². The minimum Gasteiger partial charge on any atom is -0.373 e. The van der Waals surface area contributed by atoms with E-state index >= 15 is 0 Å². The molecule has 0 radical (unpaired) electrons. The van der Waals surface area contributed by atoms with Crippen LogP contribution in [0.15, 0.2) is 12.2 Å². The number of hydrogen-bond donors (Lipinski definition) is 0. The van der Waals surface area contributed by atoms with Gasteiger partial charge in [0.15, 0.2) is 0 Å². The van der Waals surface area contributed by atoms with Crippen molar-refractivity contribution in [2.75, 3.05) is 12.5 Å². The molecule has 2 aliphatic carbocycles. The van der Waals surface area contributed by atoms with Gasteiger partial charge in [-0.2, -0.15) is 0 Å². The monoisotopic (exact) mass is 242 g/mol. The lowest BCUT2D eigenvalue weighted by molar-refractivity contribution is -0.0373. The fourth-order valence-electron chi connectivity index (χ4n) is 3.64. The highest BCUT2D eigenvalue weighted by Crippen LogP contribution is 2.66. The molecule has 2 rings (SSSR count). The number of ether oxygens (including phenoxy) is 1. The molecule has 2 aliphatic rings. The van der Waals surface area contributed by atoms with Crippen molar-refractivity contribution in [3.8, 4) is 0 Å². The molecule has 2 saturated carbocycles. The first-order valence-electron chi connectivity index (χ1n) is 6.26. The zero-order valence-electron chi connectivity index (χ0n) is 10.7. The molecule has 16 heavy (non-hydrogen) atoms. The van der Waals surface area contributed by atoms with Crippen LogP contribution in [0.25, 0.3) is 0 Å². The number of alkyl halides is 1. The van der Waals surface area contributed by atoms with E-state index in [1.54, 1.807) is 0 Å². The molecule has 0 aliphatic heterocycles. The van der Waals surface area contributed by atoms with Gasteiger partial charge in [-0.1, -0.05) is 27.4 Å². The fraction of sp³-hybridized carbons (Fsp3) is 0.857. The third-order valence-corrected chi connectivity index (χ3v) is 5.77. The summed E-state index contributed by atoms with van der Waals surface area (Å²) in [5, 5.41) is 0. The molecule has 0 aromatic carbocycles. The Morgan fingerprint density at radius 3 is 2.56 bits per heavy atom. The Labute approximate surface area is 104 Å². The van der Waals surface area contributed by atoms with E-state index in [9.17, 15) is 0 Å². The normalized spacial score (nSPS) is 40.2. The largest absolute Gasteiger partial charge is 0.373 e. The summed E-state index contributed by atoms with van der Waals surface area (Å²) in [7, 11) is 0. The van der Waals surface area contributed by atoms with Crippen molar-refractivity contribution in [3.05, 3.63) is 12.2 Å². The van der Waals surface area contributed by atoms with Crippen molar-refractivity contribution in [2.24, 2.45) is 16.7 Å². The maximum atomic E-state index is 6.04. The highest BCUT2D eigenvalue weighted by atomic mass is 35.5. The van der Waals surface area contributed by atoms with Crippen LogP contribution in [-0.4, -0.2) is 18.6 Å². The molecule has 2 bridgehead atoms. The zero-order chi connectivity index (χ0) is 12.0. The predicted octanol–water partition coefficient (Wildman–Crippen LogP) is 4.01. The highest BCUT2D eigenvalue weighted by Gasteiger charge is 2.61. The standard InChI is InChI=1S/C14H23ClO/c1-10(8-15)9-16-12-7-11-5-6-14(12,4)13(11,2)3/h11-12H,1,5-9H2,2-4H3. The van der Waals surface area contributed by atoms with Crippen LogP contribution in [-0.2, 0) is 4.74 Å². The number of halogens is 1. The lowest BCUT2D eigenvalue weighted by atomic mass is 9.70. The minimum absolute atomic E-state index is 0.351. The van der Waals surface area contributed by atoms with Crippen LogP contribution in [0, 0.1) is 16.7 Å². The van der Waals surface area contributed by atoms with E-state index in [2.05, 4.69) is 27.4 Å². The molecule has 0 aromatic rings. The van der Waals surface area contributed by atoms with Crippen molar-refractivity contribution in [1.82, 2.24) is 0 Å². The third kappa shape index (κ3) is 1.64. The van der Waals surface area contributed by atoms with Gasteiger partial charge in [0.2, 0.25) is 0 Å². The Bertz CT molecular complexity index is 297. The molecule has 92 valence electrons. The molecule has 0 amide bonds. The number of hydrogen-bond acceptors (Lipinski definition) is 1. The molecule has 0 saturated heterocycles. The smallest absolute Gasteiger partial charge is 0.0689 e.